The topological polar surface area (TPSA) is 115 Å². The molecule has 9 heteroatoms. The van der Waals surface area contributed by atoms with E-state index in [0.717, 1.165) is 0 Å². The van der Waals surface area contributed by atoms with E-state index < -0.39 is 23.4 Å². The number of rotatable bonds is 5. The molecular weight excluding hydrogens is 426 g/mol. The fourth-order valence-electron chi connectivity index (χ4n) is 2.63. The summed E-state index contributed by atoms with van der Waals surface area (Å²) in [5, 5.41) is 8.00. The molecule has 0 fully saturated rings. The van der Waals surface area contributed by atoms with Gasteiger partial charge < -0.3 is 19.5 Å². The van der Waals surface area contributed by atoms with E-state index in [1.807, 2.05) is 0 Å². The van der Waals surface area contributed by atoms with Crippen LogP contribution in [0.2, 0.25) is 0 Å². The van der Waals surface area contributed by atoms with Crippen LogP contribution in [0.25, 0.3) is 0 Å². The number of nitrogens with one attached hydrogen (secondary N) is 3. The van der Waals surface area contributed by atoms with Crippen molar-refractivity contribution in [3.63, 3.8) is 0 Å². The van der Waals surface area contributed by atoms with Gasteiger partial charge in [-0.3, -0.25) is 15.4 Å². The van der Waals surface area contributed by atoms with Gasteiger partial charge in [0.05, 0.1) is 12.8 Å². The van der Waals surface area contributed by atoms with E-state index >= 15 is 0 Å². The molecule has 0 aliphatic carbocycles. The minimum Gasteiger partial charge on any atom is -0.495 e. The van der Waals surface area contributed by atoms with Gasteiger partial charge in [-0.15, -0.1) is 0 Å². The monoisotopic (exact) mass is 457 g/mol. The van der Waals surface area contributed by atoms with Crippen molar-refractivity contribution in [3.8, 4) is 5.75 Å². The molecule has 3 amide bonds. The largest absolute Gasteiger partial charge is 0.495 e. The summed E-state index contributed by atoms with van der Waals surface area (Å²) in [6.07, 6.45) is -1.22. The molecule has 178 valence electrons. The maximum Gasteiger partial charge on any atom is 0.412 e. The first-order valence-corrected chi connectivity index (χ1v) is 10.4. The van der Waals surface area contributed by atoms with E-state index in [4.69, 9.17) is 14.2 Å². The zero-order valence-corrected chi connectivity index (χ0v) is 20.0. The molecule has 0 bridgehead atoms. The van der Waals surface area contributed by atoms with Gasteiger partial charge >= 0.3 is 12.2 Å². The Balaban J connectivity index is 2.07. The first-order chi connectivity index (χ1) is 15.3. The minimum absolute atomic E-state index is 0.349. The molecule has 0 atom stereocenters. The minimum atomic E-state index is -0.659. The maximum atomic E-state index is 12.6. The second kappa shape index (κ2) is 10.2. The van der Waals surface area contributed by atoms with Crippen LogP contribution in [0.1, 0.15) is 51.9 Å². The molecule has 0 saturated carbocycles. The highest BCUT2D eigenvalue weighted by Crippen LogP contribution is 2.29. The molecular formula is C24H31N3O6. The standard InChI is InChI=1S/C24H31N3O6/c1-23(2,3)32-21(29)26-16-10-8-15(9-11-16)20(28)25-17-12-13-19(31-7)18(14-17)27-22(30)33-24(4,5)6/h8-14H,1-7H3,(H,25,28)(H,26,29)(H,27,30). The number of carbonyl (C=O) groups excluding carboxylic acids is 3. The Labute approximate surface area is 193 Å². The van der Waals surface area contributed by atoms with Crippen LogP contribution in [-0.2, 0) is 9.47 Å². The molecule has 33 heavy (non-hydrogen) atoms. The molecule has 0 radical (unpaired) electrons. The van der Waals surface area contributed by atoms with E-state index in [2.05, 4.69) is 16.0 Å². The normalized spacial score (nSPS) is 11.2. The Morgan fingerprint density at radius 3 is 1.73 bits per heavy atom. The number of anilines is 3. The van der Waals surface area contributed by atoms with Gasteiger partial charge in [0, 0.05) is 16.9 Å². The van der Waals surface area contributed by atoms with Gasteiger partial charge in [-0.2, -0.15) is 0 Å². The highest BCUT2D eigenvalue weighted by atomic mass is 16.6. The number of amides is 3. The van der Waals surface area contributed by atoms with Gasteiger partial charge in [-0.1, -0.05) is 0 Å². The predicted molar refractivity (Wildman–Crippen MR) is 127 cm³/mol. The smallest absolute Gasteiger partial charge is 0.412 e. The fraction of sp³-hybridized carbons (Fsp3) is 0.375. The van der Waals surface area contributed by atoms with Crippen molar-refractivity contribution in [1.82, 2.24) is 0 Å². The third kappa shape index (κ3) is 8.72. The van der Waals surface area contributed by atoms with Crippen molar-refractivity contribution in [2.45, 2.75) is 52.7 Å². The van der Waals surface area contributed by atoms with Crippen molar-refractivity contribution >= 4 is 35.2 Å². The summed E-state index contributed by atoms with van der Waals surface area (Å²) in [5.74, 6) is 0.0450. The lowest BCUT2D eigenvalue weighted by atomic mass is 10.2. The Hall–Kier alpha value is -3.75. The molecule has 2 rings (SSSR count). The summed E-state index contributed by atoms with van der Waals surface area (Å²) < 4.78 is 15.7. The zero-order chi connectivity index (χ0) is 24.8. The van der Waals surface area contributed by atoms with Gasteiger partial charge in [-0.25, -0.2) is 9.59 Å². The van der Waals surface area contributed by atoms with E-state index in [0.29, 0.717) is 28.4 Å². The Morgan fingerprint density at radius 2 is 1.21 bits per heavy atom. The van der Waals surface area contributed by atoms with E-state index in [9.17, 15) is 14.4 Å². The fourth-order valence-corrected chi connectivity index (χ4v) is 2.63. The molecule has 0 aliphatic rings. The lowest BCUT2D eigenvalue weighted by molar-refractivity contribution is 0.0624. The number of benzene rings is 2. The number of hydrogen-bond acceptors (Lipinski definition) is 6. The zero-order valence-electron chi connectivity index (χ0n) is 20.0. The van der Waals surface area contributed by atoms with Gasteiger partial charge in [0.1, 0.15) is 17.0 Å². The lowest BCUT2D eigenvalue weighted by Crippen LogP contribution is -2.27. The molecule has 9 nitrogen and oxygen atoms in total. The summed E-state index contributed by atoms with van der Waals surface area (Å²) >= 11 is 0. The Morgan fingerprint density at radius 1 is 0.697 bits per heavy atom. The van der Waals surface area contributed by atoms with Gasteiger partial charge in [0.15, 0.2) is 0 Å². The first-order valence-electron chi connectivity index (χ1n) is 10.4. The molecule has 2 aromatic rings. The van der Waals surface area contributed by atoms with Crippen molar-refractivity contribution in [3.05, 3.63) is 48.0 Å². The van der Waals surface area contributed by atoms with Gasteiger partial charge in [0.25, 0.3) is 5.91 Å². The van der Waals surface area contributed by atoms with E-state index in [1.165, 1.54) is 7.11 Å². The number of hydrogen-bond donors (Lipinski definition) is 3. The average molecular weight is 458 g/mol. The molecule has 2 aromatic carbocycles. The van der Waals surface area contributed by atoms with E-state index in [1.54, 1.807) is 84.0 Å². The second-order valence-electron chi connectivity index (χ2n) is 9.20. The summed E-state index contributed by atoms with van der Waals surface area (Å²) in [6, 6.07) is 11.2. The molecule has 0 spiro atoms. The van der Waals surface area contributed by atoms with Crippen LogP contribution in [0.4, 0.5) is 26.7 Å². The van der Waals surface area contributed by atoms with Crippen molar-refractivity contribution in [2.24, 2.45) is 0 Å². The Kier molecular flexibility index (Phi) is 7.92. The molecule has 0 aromatic heterocycles. The summed E-state index contributed by atoms with van der Waals surface area (Å²) in [6.45, 7) is 10.6. The molecule has 3 N–H and O–H groups in total. The summed E-state index contributed by atoms with van der Waals surface area (Å²) in [4.78, 5) is 36.6. The van der Waals surface area contributed by atoms with Crippen molar-refractivity contribution < 1.29 is 28.6 Å². The first kappa shape index (κ1) is 25.5. The van der Waals surface area contributed by atoms with Crippen LogP contribution in [0, 0.1) is 0 Å². The average Bonchev–Trinajstić information content (AvgIpc) is 2.65. The van der Waals surface area contributed by atoms with Crippen LogP contribution in [0.15, 0.2) is 42.5 Å². The van der Waals surface area contributed by atoms with Crippen molar-refractivity contribution in [1.29, 1.82) is 0 Å². The van der Waals surface area contributed by atoms with Crippen LogP contribution < -0.4 is 20.7 Å². The molecule has 0 unspecified atom stereocenters. The lowest BCUT2D eigenvalue weighted by Gasteiger charge is -2.20. The van der Waals surface area contributed by atoms with Crippen molar-refractivity contribution in [2.75, 3.05) is 23.1 Å². The predicted octanol–water partition coefficient (Wildman–Crippen LogP) is 5.64. The van der Waals surface area contributed by atoms with Gasteiger partial charge in [0.2, 0.25) is 0 Å². The summed E-state index contributed by atoms with van der Waals surface area (Å²) in [5.41, 5.74) is 0.396. The highest BCUT2D eigenvalue weighted by Gasteiger charge is 2.19. The number of ether oxygens (including phenoxy) is 3. The van der Waals surface area contributed by atoms with Crippen LogP contribution in [0.5, 0.6) is 5.75 Å². The second-order valence-corrected chi connectivity index (χ2v) is 9.20. The maximum absolute atomic E-state index is 12.6. The quantitative estimate of drug-likeness (QED) is 0.535. The van der Waals surface area contributed by atoms with Crippen LogP contribution >= 0.6 is 0 Å². The highest BCUT2D eigenvalue weighted by molar-refractivity contribution is 6.05. The van der Waals surface area contributed by atoms with E-state index in [-0.39, 0.29) is 5.91 Å². The van der Waals surface area contributed by atoms with Gasteiger partial charge in [-0.05, 0) is 84.0 Å². The number of methoxy groups -OCH3 is 1. The Bertz CT molecular complexity index is 1000. The SMILES string of the molecule is COc1ccc(NC(=O)c2ccc(NC(=O)OC(C)(C)C)cc2)cc1NC(=O)OC(C)(C)C. The molecule has 0 heterocycles. The third-order valence-corrected chi connectivity index (χ3v) is 3.89. The molecule has 0 saturated heterocycles. The summed E-state index contributed by atoms with van der Waals surface area (Å²) in [7, 11) is 1.47. The third-order valence-electron chi connectivity index (χ3n) is 3.89. The molecule has 0 aliphatic heterocycles. The number of carbonyl (C=O) groups is 3. The van der Waals surface area contributed by atoms with Crippen LogP contribution in [0.3, 0.4) is 0 Å². The van der Waals surface area contributed by atoms with Crippen LogP contribution in [-0.4, -0.2) is 36.4 Å².